The summed E-state index contributed by atoms with van der Waals surface area (Å²) >= 11 is 0. The van der Waals surface area contributed by atoms with E-state index in [1.54, 1.807) is 36.4 Å². The Morgan fingerprint density at radius 2 is 1.75 bits per heavy atom. The van der Waals surface area contributed by atoms with Gasteiger partial charge in [0.25, 0.3) is 11.7 Å². The lowest BCUT2D eigenvalue weighted by Crippen LogP contribution is -2.38. The number of ketones is 1. The van der Waals surface area contributed by atoms with Crippen molar-refractivity contribution in [1.29, 1.82) is 0 Å². The highest BCUT2D eigenvalue weighted by Gasteiger charge is 2.46. The highest BCUT2D eigenvalue weighted by atomic mass is 16.5. The number of rotatable bonds is 11. The number of likely N-dealkylation sites (N-methyl/N-ethyl adjacent to an activating group) is 1. The molecule has 0 radical (unpaired) electrons. The standard InChI is InChI=1S/C28H36N2O6/c1-6-29(7-2)14-15-30-25(20-10-13-22(31)23(16-20)35-5)24(27(33)28(30)34)26(32)19-8-11-21(12-9-19)36-17-18(3)4/h8-13,16,18,25,31-32H,6-7,14-15,17H2,1-5H3/b26-24+/t25-/m1/s1. The summed E-state index contributed by atoms with van der Waals surface area (Å²) in [5.41, 5.74) is 0.967. The Labute approximate surface area is 212 Å². The largest absolute Gasteiger partial charge is 0.507 e. The number of likely N-dealkylation sites (tertiary alicyclic amines) is 1. The number of amides is 1. The van der Waals surface area contributed by atoms with E-state index >= 15 is 0 Å². The lowest BCUT2D eigenvalue weighted by atomic mass is 9.95. The van der Waals surface area contributed by atoms with E-state index in [0.29, 0.717) is 42.5 Å². The van der Waals surface area contributed by atoms with Crippen LogP contribution < -0.4 is 9.47 Å². The van der Waals surface area contributed by atoms with Crippen LogP contribution in [0.2, 0.25) is 0 Å². The molecule has 1 amide bonds. The Bertz CT molecular complexity index is 1110. The lowest BCUT2D eigenvalue weighted by Gasteiger charge is -2.28. The molecule has 0 saturated carbocycles. The molecule has 0 spiro atoms. The average Bonchev–Trinajstić information content (AvgIpc) is 3.13. The summed E-state index contributed by atoms with van der Waals surface area (Å²) in [5.74, 6) is -0.493. The molecule has 194 valence electrons. The first-order valence-electron chi connectivity index (χ1n) is 12.3. The van der Waals surface area contributed by atoms with Gasteiger partial charge in [-0.1, -0.05) is 33.8 Å². The molecule has 0 unspecified atom stereocenters. The number of carbonyl (C=O) groups excluding carboxylic acids is 2. The number of hydrogen-bond donors (Lipinski definition) is 2. The van der Waals surface area contributed by atoms with Crippen molar-refractivity contribution in [2.24, 2.45) is 5.92 Å². The molecule has 1 heterocycles. The molecular weight excluding hydrogens is 460 g/mol. The number of hydrogen-bond acceptors (Lipinski definition) is 7. The van der Waals surface area contributed by atoms with E-state index in [0.717, 1.165) is 13.1 Å². The smallest absolute Gasteiger partial charge is 0.295 e. The SMILES string of the molecule is CCN(CC)CCN1C(=O)C(=O)/C(=C(/O)c2ccc(OCC(C)C)cc2)[C@H]1c1ccc(O)c(OC)c1. The molecule has 1 saturated heterocycles. The van der Waals surface area contributed by atoms with E-state index in [-0.39, 0.29) is 22.8 Å². The second kappa shape index (κ2) is 11.9. The molecular formula is C28H36N2O6. The van der Waals surface area contributed by atoms with Crippen LogP contribution in [0.1, 0.15) is 44.9 Å². The molecule has 1 fully saturated rings. The van der Waals surface area contributed by atoms with Gasteiger partial charge in [0.2, 0.25) is 0 Å². The molecule has 1 aliphatic rings. The first-order chi connectivity index (χ1) is 17.2. The number of aromatic hydroxyl groups is 1. The van der Waals surface area contributed by atoms with E-state index in [2.05, 4.69) is 18.7 Å². The van der Waals surface area contributed by atoms with Crippen LogP contribution in [0.4, 0.5) is 0 Å². The molecule has 8 heteroatoms. The number of phenols is 1. The fourth-order valence-electron chi connectivity index (χ4n) is 4.24. The summed E-state index contributed by atoms with van der Waals surface area (Å²) in [4.78, 5) is 30.0. The minimum absolute atomic E-state index is 0.00291. The summed E-state index contributed by atoms with van der Waals surface area (Å²) < 4.78 is 11.0. The topological polar surface area (TPSA) is 99.5 Å². The summed E-state index contributed by atoms with van der Waals surface area (Å²) in [5, 5.41) is 21.4. The second-order valence-electron chi connectivity index (χ2n) is 9.18. The normalized spacial score (nSPS) is 17.3. The van der Waals surface area contributed by atoms with Gasteiger partial charge in [-0.2, -0.15) is 0 Å². The molecule has 0 aromatic heterocycles. The third-order valence-electron chi connectivity index (χ3n) is 6.32. The predicted molar refractivity (Wildman–Crippen MR) is 138 cm³/mol. The highest BCUT2D eigenvalue weighted by Crippen LogP contribution is 2.41. The van der Waals surface area contributed by atoms with E-state index in [9.17, 15) is 19.8 Å². The van der Waals surface area contributed by atoms with Gasteiger partial charge in [-0.05, 0) is 61.0 Å². The average molecular weight is 497 g/mol. The van der Waals surface area contributed by atoms with Gasteiger partial charge in [-0.15, -0.1) is 0 Å². The Balaban J connectivity index is 2.06. The molecule has 36 heavy (non-hydrogen) atoms. The van der Waals surface area contributed by atoms with Gasteiger partial charge in [0.05, 0.1) is 25.3 Å². The van der Waals surface area contributed by atoms with Gasteiger partial charge in [-0.25, -0.2) is 0 Å². The zero-order valence-corrected chi connectivity index (χ0v) is 21.7. The Hall–Kier alpha value is -3.52. The van der Waals surface area contributed by atoms with E-state index < -0.39 is 17.7 Å². The number of Topliss-reactive ketones (excluding diaryl/α,β-unsaturated/α-hetero) is 1. The highest BCUT2D eigenvalue weighted by molar-refractivity contribution is 6.46. The van der Waals surface area contributed by atoms with Crippen molar-refractivity contribution in [3.63, 3.8) is 0 Å². The monoisotopic (exact) mass is 496 g/mol. The van der Waals surface area contributed by atoms with Crippen molar-refractivity contribution in [3.8, 4) is 17.2 Å². The fraction of sp³-hybridized carbons (Fsp3) is 0.429. The van der Waals surface area contributed by atoms with Gasteiger partial charge >= 0.3 is 0 Å². The van der Waals surface area contributed by atoms with Crippen LogP contribution in [0, 0.1) is 5.92 Å². The zero-order chi connectivity index (χ0) is 26.4. The number of benzene rings is 2. The Morgan fingerprint density at radius 3 is 2.33 bits per heavy atom. The number of phenolic OH excluding ortho intramolecular Hbond substituents is 1. The quantitative estimate of drug-likeness (QED) is 0.273. The van der Waals surface area contributed by atoms with Crippen molar-refractivity contribution >= 4 is 17.4 Å². The molecule has 2 aromatic rings. The number of nitrogens with zero attached hydrogens (tertiary/aromatic N) is 2. The molecule has 0 bridgehead atoms. The van der Waals surface area contributed by atoms with Gasteiger partial charge in [-0.3, -0.25) is 9.59 Å². The number of methoxy groups -OCH3 is 1. The van der Waals surface area contributed by atoms with Gasteiger partial charge in [0.1, 0.15) is 11.5 Å². The number of aliphatic hydroxyl groups excluding tert-OH is 1. The van der Waals surface area contributed by atoms with E-state index in [1.165, 1.54) is 18.1 Å². The van der Waals surface area contributed by atoms with E-state index in [4.69, 9.17) is 9.47 Å². The summed E-state index contributed by atoms with van der Waals surface area (Å²) in [6.45, 7) is 11.2. The minimum atomic E-state index is -0.827. The molecule has 0 aliphatic carbocycles. The summed E-state index contributed by atoms with van der Waals surface area (Å²) in [6, 6.07) is 10.7. The molecule has 2 N–H and O–H groups in total. The first-order valence-corrected chi connectivity index (χ1v) is 12.3. The Kier molecular flexibility index (Phi) is 8.98. The third-order valence-corrected chi connectivity index (χ3v) is 6.32. The molecule has 2 aromatic carbocycles. The molecule has 1 aliphatic heterocycles. The van der Waals surface area contributed by atoms with Crippen LogP contribution in [0.5, 0.6) is 17.2 Å². The van der Waals surface area contributed by atoms with Crippen LogP contribution >= 0.6 is 0 Å². The van der Waals surface area contributed by atoms with Crippen molar-refractivity contribution in [2.45, 2.75) is 33.7 Å². The number of aliphatic hydroxyl groups is 1. The van der Waals surface area contributed by atoms with Gasteiger partial charge in [0.15, 0.2) is 11.5 Å². The van der Waals surface area contributed by atoms with Crippen LogP contribution in [0.15, 0.2) is 48.0 Å². The summed E-state index contributed by atoms with van der Waals surface area (Å²) in [6.07, 6.45) is 0. The van der Waals surface area contributed by atoms with Crippen LogP contribution in [-0.4, -0.2) is 71.6 Å². The van der Waals surface area contributed by atoms with Crippen molar-refractivity contribution in [2.75, 3.05) is 39.9 Å². The van der Waals surface area contributed by atoms with Crippen molar-refractivity contribution in [3.05, 3.63) is 59.2 Å². The maximum atomic E-state index is 13.2. The van der Waals surface area contributed by atoms with Crippen LogP contribution in [-0.2, 0) is 9.59 Å². The number of carbonyl (C=O) groups is 2. The Morgan fingerprint density at radius 1 is 1.08 bits per heavy atom. The van der Waals surface area contributed by atoms with Gasteiger partial charge < -0.3 is 29.5 Å². The third kappa shape index (κ3) is 5.82. The maximum Gasteiger partial charge on any atom is 0.295 e. The van der Waals surface area contributed by atoms with Crippen molar-refractivity contribution < 1.29 is 29.3 Å². The second-order valence-corrected chi connectivity index (χ2v) is 9.18. The van der Waals surface area contributed by atoms with Gasteiger partial charge in [0, 0.05) is 18.7 Å². The first kappa shape index (κ1) is 27.1. The summed E-state index contributed by atoms with van der Waals surface area (Å²) in [7, 11) is 1.43. The fourth-order valence-corrected chi connectivity index (χ4v) is 4.24. The minimum Gasteiger partial charge on any atom is -0.507 e. The van der Waals surface area contributed by atoms with Crippen molar-refractivity contribution in [1.82, 2.24) is 9.80 Å². The van der Waals surface area contributed by atoms with Crippen LogP contribution in [0.3, 0.4) is 0 Å². The molecule has 3 rings (SSSR count). The molecule has 8 nitrogen and oxygen atoms in total. The predicted octanol–water partition coefficient (Wildman–Crippen LogP) is 4.20. The van der Waals surface area contributed by atoms with Crippen LogP contribution in [0.25, 0.3) is 5.76 Å². The molecule has 1 atom stereocenters. The maximum absolute atomic E-state index is 13.2. The zero-order valence-electron chi connectivity index (χ0n) is 21.7. The number of ether oxygens (including phenoxy) is 2. The lowest BCUT2D eigenvalue weighted by molar-refractivity contribution is -0.140. The van der Waals surface area contributed by atoms with E-state index in [1.807, 2.05) is 13.8 Å².